The largest absolute Gasteiger partial charge is 0.458 e. The molecule has 0 bridgehead atoms. The number of hydrogen-bond acceptors (Lipinski definition) is 7. The van der Waals surface area contributed by atoms with Crippen molar-refractivity contribution >= 4 is 12.1 Å². The molecule has 0 aromatic rings. The molecule has 6 aliphatic rings. The Morgan fingerprint density at radius 3 is 2.58 bits per heavy atom. The Bertz CT molecular complexity index is 946. The van der Waals surface area contributed by atoms with Gasteiger partial charge in [-0.2, -0.15) is 0 Å². The number of carbonyl (C=O) groups is 2. The maximum absolute atomic E-state index is 12.7. The van der Waals surface area contributed by atoms with Crippen LogP contribution >= 0.6 is 0 Å². The Morgan fingerprint density at radius 1 is 1.08 bits per heavy atom. The maximum Gasteiger partial charge on any atom is 0.410 e. The minimum Gasteiger partial charge on any atom is -0.458 e. The molecular weight excluding hydrogens is 462 g/mol. The Balaban J connectivity index is 1.19. The van der Waals surface area contributed by atoms with Crippen molar-refractivity contribution in [1.29, 1.82) is 0 Å². The second kappa shape index (κ2) is 8.70. The highest BCUT2D eigenvalue weighted by molar-refractivity contribution is 5.85. The molecule has 8 nitrogen and oxygen atoms in total. The molecule has 1 saturated heterocycles. The van der Waals surface area contributed by atoms with Gasteiger partial charge in [0.25, 0.3) is 0 Å². The minimum absolute atomic E-state index is 0.00657. The molecule has 200 valence electrons. The number of ether oxygens (including phenoxy) is 3. The Hall–Kier alpha value is -1.64. The lowest BCUT2D eigenvalue weighted by Gasteiger charge is -2.65. The van der Waals surface area contributed by atoms with E-state index in [2.05, 4.69) is 6.92 Å². The number of aliphatic hydroxyl groups is 2. The molecule has 6 rings (SSSR count). The molecule has 2 aliphatic heterocycles. The molecule has 0 aromatic heterocycles. The fourth-order valence-electron chi connectivity index (χ4n) is 9.42. The van der Waals surface area contributed by atoms with Crippen LogP contribution < -0.4 is 0 Å². The predicted octanol–water partition coefficient (Wildman–Crippen LogP) is 3.05. The number of rotatable bonds is 2. The molecule has 36 heavy (non-hydrogen) atoms. The number of esters is 1. The summed E-state index contributed by atoms with van der Waals surface area (Å²) in [7, 11) is 0. The minimum atomic E-state index is -0.958. The van der Waals surface area contributed by atoms with Gasteiger partial charge in [0.1, 0.15) is 12.7 Å². The van der Waals surface area contributed by atoms with E-state index < -0.39 is 17.1 Å². The highest BCUT2D eigenvalue weighted by Gasteiger charge is 2.70. The average Bonchev–Trinajstić information content (AvgIpc) is 3.41. The van der Waals surface area contributed by atoms with E-state index in [0.717, 1.165) is 44.1 Å². The molecular formula is C28H41NO7. The van der Waals surface area contributed by atoms with Gasteiger partial charge in [0.2, 0.25) is 0 Å². The third-order valence-corrected chi connectivity index (χ3v) is 11.6. The van der Waals surface area contributed by atoms with E-state index >= 15 is 0 Å². The first kappa shape index (κ1) is 24.7. The molecule has 4 saturated carbocycles. The Labute approximate surface area is 213 Å². The lowest BCUT2D eigenvalue weighted by atomic mass is 9.42. The number of morpholine rings is 1. The van der Waals surface area contributed by atoms with Crippen LogP contribution in [0.2, 0.25) is 0 Å². The predicted molar refractivity (Wildman–Crippen MR) is 130 cm³/mol. The summed E-state index contributed by atoms with van der Waals surface area (Å²) in [5.41, 5.74) is -0.701. The first-order chi connectivity index (χ1) is 17.2. The number of carbonyl (C=O) groups excluding carboxylic acids is 2. The van der Waals surface area contributed by atoms with Crippen molar-refractivity contribution in [2.75, 3.05) is 32.9 Å². The molecule has 5 fully saturated rings. The number of cyclic esters (lactones) is 1. The Morgan fingerprint density at radius 2 is 1.86 bits per heavy atom. The summed E-state index contributed by atoms with van der Waals surface area (Å²) in [6, 6.07) is 0. The number of hydrogen-bond donors (Lipinski definition) is 2. The molecule has 0 spiro atoms. The zero-order chi connectivity index (χ0) is 25.3. The number of nitrogens with zero attached hydrogens (tertiary/aromatic N) is 1. The van der Waals surface area contributed by atoms with E-state index in [4.69, 9.17) is 14.2 Å². The van der Waals surface area contributed by atoms with Crippen LogP contribution in [0.1, 0.15) is 65.2 Å². The van der Waals surface area contributed by atoms with Crippen LogP contribution in [-0.4, -0.2) is 77.9 Å². The van der Waals surface area contributed by atoms with Gasteiger partial charge in [-0.15, -0.1) is 0 Å². The maximum atomic E-state index is 12.7. The second-order valence-corrected chi connectivity index (χ2v) is 12.7. The summed E-state index contributed by atoms with van der Waals surface area (Å²) in [6.07, 6.45) is 7.31. The molecule has 2 heterocycles. The van der Waals surface area contributed by atoms with E-state index in [9.17, 15) is 19.8 Å². The SMILES string of the molecule is C[C@]12CC[C@H](OC(=O)N3CCOCC3)C[C@H]1CC[C@@H]1[C@@H]2C[C@@H](O)[C@]2(C)[C@@H](C3=CC(=O)OC3)CC[C@]12O. The number of amides is 1. The highest BCUT2D eigenvalue weighted by Crippen LogP contribution is 2.70. The Kier molecular flexibility index (Phi) is 5.97. The molecule has 9 atom stereocenters. The summed E-state index contributed by atoms with van der Waals surface area (Å²) < 4.78 is 16.5. The van der Waals surface area contributed by atoms with E-state index in [0.29, 0.717) is 45.1 Å². The van der Waals surface area contributed by atoms with Crippen molar-refractivity contribution < 1.29 is 34.0 Å². The summed E-state index contributed by atoms with van der Waals surface area (Å²) in [6.45, 7) is 6.98. The van der Waals surface area contributed by atoms with E-state index in [1.807, 2.05) is 6.92 Å². The molecule has 0 unspecified atom stereocenters. The van der Waals surface area contributed by atoms with Crippen molar-refractivity contribution in [2.45, 2.75) is 83.0 Å². The van der Waals surface area contributed by atoms with Crippen molar-refractivity contribution in [3.8, 4) is 0 Å². The normalized spacial score (nSPS) is 48.4. The van der Waals surface area contributed by atoms with Gasteiger partial charge in [-0.25, -0.2) is 9.59 Å². The van der Waals surface area contributed by atoms with E-state index in [1.165, 1.54) is 0 Å². The van der Waals surface area contributed by atoms with Gasteiger partial charge in [-0.1, -0.05) is 13.8 Å². The van der Waals surface area contributed by atoms with Gasteiger partial charge in [0.05, 0.1) is 24.9 Å². The molecule has 8 heteroatoms. The van der Waals surface area contributed by atoms with E-state index in [-0.39, 0.29) is 47.9 Å². The van der Waals surface area contributed by atoms with Crippen LogP contribution in [0.5, 0.6) is 0 Å². The lowest BCUT2D eigenvalue weighted by molar-refractivity contribution is -0.245. The smallest absolute Gasteiger partial charge is 0.410 e. The fourth-order valence-corrected chi connectivity index (χ4v) is 9.42. The molecule has 0 radical (unpaired) electrons. The molecule has 0 aromatic carbocycles. The third kappa shape index (κ3) is 3.50. The van der Waals surface area contributed by atoms with Gasteiger partial charge in [-0.3, -0.25) is 0 Å². The first-order valence-electron chi connectivity index (χ1n) is 14.0. The molecule has 2 N–H and O–H groups in total. The first-order valence-corrected chi connectivity index (χ1v) is 14.0. The van der Waals surface area contributed by atoms with Crippen molar-refractivity contribution in [3.05, 3.63) is 11.6 Å². The van der Waals surface area contributed by atoms with Gasteiger partial charge in [-0.05, 0) is 86.0 Å². The van der Waals surface area contributed by atoms with Crippen LogP contribution in [0.25, 0.3) is 0 Å². The summed E-state index contributed by atoms with van der Waals surface area (Å²) in [5.74, 6) is 0.422. The lowest BCUT2D eigenvalue weighted by Crippen LogP contribution is -2.67. The fraction of sp³-hybridized carbons (Fsp3) is 0.857. The van der Waals surface area contributed by atoms with Gasteiger partial charge in [0, 0.05) is 24.6 Å². The molecule has 4 aliphatic carbocycles. The summed E-state index contributed by atoms with van der Waals surface area (Å²) >= 11 is 0. The number of aliphatic hydroxyl groups excluding tert-OH is 1. The van der Waals surface area contributed by atoms with Crippen LogP contribution in [0, 0.1) is 34.5 Å². The monoisotopic (exact) mass is 503 g/mol. The van der Waals surface area contributed by atoms with Crippen LogP contribution in [-0.2, 0) is 19.0 Å². The van der Waals surface area contributed by atoms with E-state index in [1.54, 1.807) is 11.0 Å². The second-order valence-electron chi connectivity index (χ2n) is 12.7. The quantitative estimate of drug-likeness (QED) is 0.558. The van der Waals surface area contributed by atoms with Crippen molar-refractivity contribution in [3.63, 3.8) is 0 Å². The summed E-state index contributed by atoms with van der Waals surface area (Å²) in [5, 5.41) is 24.0. The average molecular weight is 504 g/mol. The summed E-state index contributed by atoms with van der Waals surface area (Å²) in [4.78, 5) is 26.2. The number of fused-ring (bicyclic) bond motifs is 5. The van der Waals surface area contributed by atoms with Gasteiger partial charge in [0.15, 0.2) is 0 Å². The standard InChI is InChI=1S/C28H41NO7/c1-26-7-5-19(36-25(32)29-9-11-34-12-10-29)14-18(26)3-4-21-22(26)15-23(30)27(2)20(6-8-28(21,27)33)17-13-24(31)35-16-17/h13,18-23,30,33H,3-12,14-16H2,1-2H3/t18-,19+,20-,21-,22+,23-,26+,27+,28+/m1/s1. The highest BCUT2D eigenvalue weighted by atomic mass is 16.6. The topological polar surface area (TPSA) is 106 Å². The van der Waals surface area contributed by atoms with Crippen LogP contribution in [0.15, 0.2) is 11.6 Å². The van der Waals surface area contributed by atoms with Crippen molar-refractivity contribution in [2.24, 2.45) is 34.5 Å². The van der Waals surface area contributed by atoms with Gasteiger partial charge >= 0.3 is 12.1 Å². The van der Waals surface area contributed by atoms with Gasteiger partial charge < -0.3 is 29.3 Å². The third-order valence-electron chi connectivity index (χ3n) is 11.6. The zero-order valence-electron chi connectivity index (χ0n) is 21.6. The molecule has 1 amide bonds. The van der Waals surface area contributed by atoms with Crippen LogP contribution in [0.3, 0.4) is 0 Å². The zero-order valence-corrected chi connectivity index (χ0v) is 21.6. The van der Waals surface area contributed by atoms with Crippen LogP contribution in [0.4, 0.5) is 4.79 Å². The van der Waals surface area contributed by atoms with Crippen molar-refractivity contribution in [1.82, 2.24) is 4.90 Å².